The third kappa shape index (κ3) is 3.84. The van der Waals surface area contributed by atoms with E-state index in [4.69, 9.17) is 5.10 Å². The molecule has 0 amide bonds. The van der Waals surface area contributed by atoms with Gasteiger partial charge in [0, 0.05) is 24.3 Å². The molecule has 1 aromatic rings. The molecule has 0 aliphatic carbocycles. The van der Waals surface area contributed by atoms with Crippen LogP contribution in [0.2, 0.25) is 0 Å². The summed E-state index contributed by atoms with van der Waals surface area (Å²) in [5.41, 5.74) is 4.16. The third-order valence-electron chi connectivity index (χ3n) is 3.44. The summed E-state index contributed by atoms with van der Waals surface area (Å²) in [5.74, 6) is 0. The Bertz CT molecular complexity index is 342. The average molecular weight is 251 g/mol. The summed E-state index contributed by atoms with van der Waals surface area (Å²) < 4.78 is 2.25. The van der Waals surface area contributed by atoms with Crippen LogP contribution < -0.4 is 5.32 Å². The molecule has 3 heteroatoms. The maximum atomic E-state index is 4.80. The van der Waals surface area contributed by atoms with Crippen molar-refractivity contribution in [2.75, 3.05) is 6.54 Å². The van der Waals surface area contributed by atoms with Crippen molar-refractivity contribution in [2.24, 2.45) is 0 Å². The molecule has 0 aromatic carbocycles. The van der Waals surface area contributed by atoms with Crippen LogP contribution in [0.1, 0.15) is 63.9 Å². The summed E-state index contributed by atoms with van der Waals surface area (Å²) in [7, 11) is 0. The van der Waals surface area contributed by atoms with Gasteiger partial charge in [-0.3, -0.25) is 4.68 Å². The van der Waals surface area contributed by atoms with Gasteiger partial charge in [-0.25, -0.2) is 0 Å². The molecule has 0 aliphatic heterocycles. The number of rotatable bonds is 9. The van der Waals surface area contributed by atoms with Gasteiger partial charge in [-0.2, -0.15) is 5.10 Å². The van der Waals surface area contributed by atoms with Crippen LogP contribution in [0.15, 0.2) is 0 Å². The monoisotopic (exact) mass is 251 g/mol. The fourth-order valence-electron chi connectivity index (χ4n) is 2.42. The predicted molar refractivity (Wildman–Crippen MR) is 77.9 cm³/mol. The SMILES string of the molecule is CCCCCn1nc(CC)c(CNCC)c1CC. The van der Waals surface area contributed by atoms with E-state index in [1.165, 1.54) is 36.2 Å². The first-order chi connectivity index (χ1) is 8.78. The van der Waals surface area contributed by atoms with Crippen LogP contribution in [0.4, 0.5) is 0 Å². The molecule has 0 atom stereocenters. The first-order valence-corrected chi connectivity index (χ1v) is 7.56. The van der Waals surface area contributed by atoms with Gasteiger partial charge in [0.25, 0.3) is 0 Å². The number of aryl methyl sites for hydroxylation is 2. The second-order valence-electron chi connectivity index (χ2n) is 4.79. The highest BCUT2D eigenvalue weighted by atomic mass is 15.3. The fourth-order valence-corrected chi connectivity index (χ4v) is 2.42. The van der Waals surface area contributed by atoms with E-state index in [0.29, 0.717) is 0 Å². The van der Waals surface area contributed by atoms with E-state index in [2.05, 4.69) is 37.7 Å². The molecular weight excluding hydrogens is 222 g/mol. The number of aromatic nitrogens is 2. The minimum absolute atomic E-state index is 0.969. The Hall–Kier alpha value is -0.830. The van der Waals surface area contributed by atoms with Crippen molar-refractivity contribution in [2.45, 2.75) is 72.9 Å². The number of hydrogen-bond donors (Lipinski definition) is 1. The van der Waals surface area contributed by atoms with E-state index in [1.54, 1.807) is 0 Å². The van der Waals surface area contributed by atoms with E-state index < -0.39 is 0 Å². The van der Waals surface area contributed by atoms with Crippen molar-refractivity contribution in [3.63, 3.8) is 0 Å². The zero-order chi connectivity index (χ0) is 13.4. The molecule has 18 heavy (non-hydrogen) atoms. The summed E-state index contributed by atoms with van der Waals surface area (Å²) in [6, 6.07) is 0. The second kappa shape index (κ2) is 8.30. The van der Waals surface area contributed by atoms with E-state index >= 15 is 0 Å². The minimum Gasteiger partial charge on any atom is -0.313 e. The molecule has 1 rings (SSSR count). The molecule has 1 aromatic heterocycles. The maximum Gasteiger partial charge on any atom is 0.0669 e. The van der Waals surface area contributed by atoms with Gasteiger partial charge in [0.2, 0.25) is 0 Å². The van der Waals surface area contributed by atoms with Gasteiger partial charge in [0.15, 0.2) is 0 Å². The lowest BCUT2D eigenvalue weighted by Gasteiger charge is -2.08. The highest BCUT2D eigenvalue weighted by Gasteiger charge is 2.14. The first kappa shape index (κ1) is 15.2. The Balaban J connectivity index is 2.85. The third-order valence-corrected chi connectivity index (χ3v) is 3.44. The molecule has 0 saturated heterocycles. The standard InChI is InChI=1S/C15H29N3/c1-5-9-10-11-18-15(7-3)13(12-16-8-4)14(6-2)17-18/h16H,5-12H2,1-4H3. The molecule has 104 valence electrons. The van der Waals surface area contributed by atoms with Gasteiger partial charge in [-0.1, -0.05) is 40.5 Å². The van der Waals surface area contributed by atoms with E-state index in [0.717, 1.165) is 32.5 Å². The predicted octanol–water partition coefficient (Wildman–Crippen LogP) is 3.31. The second-order valence-corrected chi connectivity index (χ2v) is 4.79. The van der Waals surface area contributed by atoms with Crippen molar-refractivity contribution in [1.29, 1.82) is 0 Å². The van der Waals surface area contributed by atoms with Gasteiger partial charge in [0.1, 0.15) is 0 Å². The number of hydrogen-bond acceptors (Lipinski definition) is 2. The average Bonchev–Trinajstić information content (AvgIpc) is 2.73. The lowest BCUT2D eigenvalue weighted by atomic mass is 10.1. The molecule has 3 nitrogen and oxygen atoms in total. The van der Waals surface area contributed by atoms with Gasteiger partial charge in [-0.05, 0) is 25.8 Å². The molecule has 0 spiro atoms. The molecule has 0 radical (unpaired) electrons. The minimum atomic E-state index is 0.969. The van der Waals surface area contributed by atoms with Crippen molar-refractivity contribution < 1.29 is 0 Å². The lowest BCUT2D eigenvalue weighted by Crippen LogP contribution is -2.14. The summed E-state index contributed by atoms with van der Waals surface area (Å²) in [4.78, 5) is 0. The van der Waals surface area contributed by atoms with Crippen molar-refractivity contribution >= 4 is 0 Å². The van der Waals surface area contributed by atoms with Crippen LogP contribution in [0.25, 0.3) is 0 Å². The van der Waals surface area contributed by atoms with Crippen LogP contribution in [0.5, 0.6) is 0 Å². The zero-order valence-electron chi connectivity index (χ0n) is 12.6. The van der Waals surface area contributed by atoms with Gasteiger partial charge in [0.05, 0.1) is 5.69 Å². The molecule has 1 heterocycles. The Morgan fingerprint density at radius 1 is 1.06 bits per heavy atom. The first-order valence-electron chi connectivity index (χ1n) is 7.56. The Labute approximate surface area is 112 Å². The summed E-state index contributed by atoms with van der Waals surface area (Å²) in [5, 5.41) is 8.24. The van der Waals surface area contributed by atoms with Crippen molar-refractivity contribution in [1.82, 2.24) is 15.1 Å². The van der Waals surface area contributed by atoms with Crippen LogP contribution in [0.3, 0.4) is 0 Å². The van der Waals surface area contributed by atoms with Crippen molar-refractivity contribution in [3.05, 3.63) is 17.0 Å². The summed E-state index contributed by atoms with van der Waals surface area (Å²) in [6.45, 7) is 11.9. The molecule has 0 bridgehead atoms. The molecule has 0 fully saturated rings. The fraction of sp³-hybridized carbons (Fsp3) is 0.800. The normalized spacial score (nSPS) is 11.1. The Morgan fingerprint density at radius 2 is 1.83 bits per heavy atom. The quantitative estimate of drug-likeness (QED) is 0.682. The van der Waals surface area contributed by atoms with E-state index in [-0.39, 0.29) is 0 Å². The van der Waals surface area contributed by atoms with E-state index in [9.17, 15) is 0 Å². The largest absolute Gasteiger partial charge is 0.313 e. The highest BCUT2D eigenvalue weighted by Crippen LogP contribution is 2.17. The van der Waals surface area contributed by atoms with Gasteiger partial charge >= 0.3 is 0 Å². The summed E-state index contributed by atoms with van der Waals surface area (Å²) >= 11 is 0. The highest BCUT2D eigenvalue weighted by molar-refractivity contribution is 5.26. The van der Waals surface area contributed by atoms with Gasteiger partial charge < -0.3 is 5.32 Å². The summed E-state index contributed by atoms with van der Waals surface area (Å²) in [6.07, 6.45) is 5.93. The number of unbranched alkanes of at least 4 members (excludes halogenated alkanes) is 2. The maximum absolute atomic E-state index is 4.80. The molecule has 0 saturated carbocycles. The molecule has 0 unspecified atom stereocenters. The molecule has 1 N–H and O–H groups in total. The van der Waals surface area contributed by atoms with E-state index in [1.807, 2.05) is 0 Å². The number of nitrogens with one attached hydrogen (secondary N) is 1. The Morgan fingerprint density at radius 3 is 2.39 bits per heavy atom. The van der Waals surface area contributed by atoms with Crippen LogP contribution in [-0.4, -0.2) is 16.3 Å². The Kier molecular flexibility index (Phi) is 7.02. The van der Waals surface area contributed by atoms with Crippen LogP contribution in [0, 0.1) is 0 Å². The van der Waals surface area contributed by atoms with Gasteiger partial charge in [-0.15, -0.1) is 0 Å². The topological polar surface area (TPSA) is 29.9 Å². The van der Waals surface area contributed by atoms with Crippen LogP contribution >= 0.6 is 0 Å². The zero-order valence-corrected chi connectivity index (χ0v) is 12.6. The smallest absolute Gasteiger partial charge is 0.0669 e. The lowest BCUT2D eigenvalue weighted by molar-refractivity contribution is 0.530. The molecule has 0 aliphatic rings. The molecular formula is C15H29N3. The number of nitrogens with zero attached hydrogens (tertiary/aromatic N) is 2. The van der Waals surface area contributed by atoms with Crippen molar-refractivity contribution in [3.8, 4) is 0 Å². The van der Waals surface area contributed by atoms with Crippen LogP contribution in [-0.2, 0) is 25.9 Å².